The molecule has 0 saturated carbocycles. The van der Waals surface area contributed by atoms with E-state index in [0.29, 0.717) is 6.54 Å². The van der Waals surface area contributed by atoms with Crippen LogP contribution in [0.4, 0.5) is 0 Å². The average Bonchev–Trinajstić information content (AvgIpc) is 2.68. The molecule has 0 N–H and O–H groups in total. The van der Waals surface area contributed by atoms with Crippen LogP contribution in [0.5, 0.6) is 0 Å². The van der Waals surface area contributed by atoms with Gasteiger partial charge in [-0.2, -0.15) is 0 Å². The molecule has 0 aromatic carbocycles. The van der Waals surface area contributed by atoms with Crippen LogP contribution in [0.2, 0.25) is 0 Å². The number of nitrogens with zero attached hydrogens (tertiary/aromatic N) is 1. The number of quaternary nitrogens is 1. The van der Waals surface area contributed by atoms with Crippen LogP contribution in [-0.4, -0.2) is 44.9 Å². The van der Waals surface area contributed by atoms with Crippen LogP contribution < -0.4 is 4.89 Å². The summed E-state index contributed by atoms with van der Waals surface area (Å²) in [7, 11) is 0.116. The molecule has 1 atom stereocenters. The van der Waals surface area contributed by atoms with Crippen molar-refractivity contribution in [2.75, 3.05) is 40.4 Å². The molecule has 0 spiro atoms. The molecule has 0 fully saturated rings. The van der Waals surface area contributed by atoms with Crippen molar-refractivity contribution >= 4 is 7.82 Å². The zero-order chi connectivity index (χ0) is 22.6. The van der Waals surface area contributed by atoms with Crippen molar-refractivity contribution in [2.24, 2.45) is 0 Å². The quantitative estimate of drug-likeness (QED) is 0.0972. The topological polar surface area (TPSA) is 58.6 Å². The predicted molar refractivity (Wildman–Crippen MR) is 127 cm³/mol. The second-order valence-electron chi connectivity index (χ2n) is 9.45. The summed E-state index contributed by atoms with van der Waals surface area (Å²) in [6.45, 7) is 6.65. The first-order valence-electron chi connectivity index (χ1n) is 12.7. The maximum atomic E-state index is 11.9. The standard InChI is InChI=1S/C24H52NO4P/c1-5-7-9-11-13-14-16-18-20-23-28-30(26,27)29-24-22-25(3,4)21-19-17-15-12-10-8-6-2/h5-24H2,1-4H3. The highest BCUT2D eigenvalue weighted by atomic mass is 31.2. The van der Waals surface area contributed by atoms with Crippen molar-refractivity contribution in [2.45, 2.75) is 117 Å². The number of phosphoric acid groups is 1. The van der Waals surface area contributed by atoms with Gasteiger partial charge in [0.15, 0.2) is 0 Å². The van der Waals surface area contributed by atoms with Gasteiger partial charge in [-0.3, -0.25) is 4.57 Å². The predicted octanol–water partition coefficient (Wildman–Crippen LogP) is 6.85. The van der Waals surface area contributed by atoms with E-state index in [4.69, 9.17) is 9.05 Å². The van der Waals surface area contributed by atoms with E-state index in [1.807, 2.05) is 0 Å². The number of phosphoric ester groups is 1. The van der Waals surface area contributed by atoms with Crippen molar-refractivity contribution in [3.05, 3.63) is 0 Å². The molecule has 0 saturated heterocycles. The van der Waals surface area contributed by atoms with Gasteiger partial charge in [-0.1, -0.05) is 97.3 Å². The Bertz CT molecular complexity index is 418. The fourth-order valence-corrected chi connectivity index (χ4v) is 4.37. The second kappa shape index (κ2) is 19.7. The first-order chi connectivity index (χ1) is 14.3. The van der Waals surface area contributed by atoms with Crippen LogP contribution >= 0.6 is 7.82 Å². The number of rotatable bonds is 23. The van der Waals surface area contributed by atoms with E-state index in [1.165, 1.54) is 83.5 Å². The van der Waals surface area contributed by atoms with Crippen molar-refractivity contribution < 1.29 is 23.0 Å². The molecule has 0 heterocycles. The molecule has 0 aromatic rings. The summed E-state index contributed by atoms with van der Waals surface area (Å²) in [5, 5.41) is 0. The number of hydrogen-bond acceptors (Lipinski definition) is 4. The third-order valence-corrected chi connectivity index (χ3v) is 6.81. The summed E-state index contributed by atoms with van der Waals surface area (Å²) in [4.78, 5) is 11.9. The molecule has 0 amide bonds. The van der Waals surface area contributed by atoms with Gasteiger partial charge in [0.2, 0.25) is 0 Å². The van der Waals surface area contributed by atoms with Crippen molar-refractivity contribution in [3.8, 4) is 0 Å². The monoisotopic (exact) mass is 449 g/mol. The first kappa shape index (κ1) is 30.1. The lowest BCUT2D eigenvalue weighted by Gasteiger charge is -2.31. The minimum absolute atomic E-state index is 0.196. The number of likely N-dealkylation sites (N-methyl/N-ethyl adjacent to an activating group) is 1. The summed E-state index contributed by atoms with van der Waals surface area (Å²) < 4.78 is 22.8. The van der Waals surface area contributed by atoms with E-state index < -0.39 is 7.82 Å². The van der Waals surface area contributed by atoms with E-state index in [2.05, 4.69) is 27.9 Å². The minimum atomic E-state index is -4.16. The Hall–Kier alpha value is 0.0700. The van der Waals surface area contributed by atoms with Crippen LogP contribution in [0.25, 0.3) is 0 Å². The average molecular weight is 450 g/mol. The van der Waals surface area contributed by atoms with Gasteiger partial charge < -0.3 is 18.4 Å². The molecular weight excluding hydrogens is 397 g/mol. The van der Waals surface area contributed by atoms with Gasteiger partial charge in [0.25, 0.3) is 7.82 Å². The Labute approximate surface area is 188 Å². The highest BCUT2D eigenvalue weighted by molar-refractivity contribution is 7.45. The molecule has 30 heavy (non-hydrogen) atoms. The normalized spacial score (nSPS) is 14.2. The number of hydrogen-bond donors (Lipinski definition) is 0. The van der Waals surface area contributed by atoms with Gasteiger partial charge in [0.1, 0.15) is 13.2 Å². The maximum Gasteiger partial charge on any atom is 0.268 e. The largest absolute Gasteiger partial charge is 0.756 e. The zero-order valence-electron chi connectivity index (χ0n) is 20.7. The molecule has 0 aliphatic rings. The maximum absolute atomic E-state index is 11.9. The number of unbranched alkanes of at least 4 members (excludes halogenated alkanes) is 14. The van der Waals surface area contributed by atoms with Crippen LogP contribution in [0, 0.1) is 0 Å². The third-order valence-electron chi connectivity index (χ3n) is 5.81. The van der Waals surface area contributed by atoms with Gasteiger partial charge >= 0.3 is 0 Å². The van der Waals surface area contributed by atoms with E-state index >= 15 is 0 Å². The highest BCUT2D eigenvalue weighted by Crippen LogP contribution is 2.38. The molecule has 6 heteroatoms. The molecule has 5 nitrogen and oxygen atoms in total. The third kappa shape index (κ3) is 21.3. The Morgan fingerprint density at radius 1 is 0.600 bits per heavy atom. The zero-order valence-corrected chi connectivity index (χ0v) is 21.6. The molecule has 1 unspecified atom stereocenters. The van der Waals surface area contributed by atoms with Crippen LogP contribution in [0.15, 0.2) is 0 Å². The molecular formula is C24H52NO4P. The Morgan fingerprint density at radius 2 is 1.00 bits per heavy atom. The van der Waals surface area contributed by atoms with Crippen LogP contribution in [0.3, 0.4) is 0 Å². The smallest absolute Gasteiger partial charge is 0.268 e. The van der Waals surface area contributed by atoms with E-state index in [-0.39, 0.29) is 13.2 Å². The van der Waals surface area contributed by atoms with Gasteiger partial charge in [0, 0.05) is 0 Å². The molecule has 182 valence electrons. The summed E-state index contributed by atoms with van der Waals surface area (Å²) in [6, 6.07) is 0. The fourth-order valence-electron chi connectivity index (χ4n) is 3.63. The van der Waals surface area contributed by atoms with Crippen molar-refractivity contribution in [1.29, 1.82) is 0 Å². The Morgan fingerprint density at radius 3 is 1.50 bits per heavy atom. The molecule has 0 radical (unpaired) electrons. The molecule has 0 rings (SSSR count). The lowest BCUT2D eigenvalue weighted by atomic mass is 10.1. The SMILES string of the molecule is CCCCCCCCCCCOP(=O)([O-])OCC[N+](C)(C)CCCCCCCCC. The summed E-state index contributed by atoms with van der Waals surface area (Å²) in [5.74, 6) is 0. The Kier molecular flexibility index (Phi) is 19.8. The minimum Gasteiger partial charge on any atom is -0.756 e. The van der Waals surface area contributed by atoms with Crippen LogP contribution in [-0.2, 0) is 13.6 Å². The van der Waals surface area contributed by atoms with E-state index in [0.717, 1.165) is 30.3 Å². The fraction of sp³-hybridized carbons (Fsp3) is 1.00. The van der Waals surface area contributed by atoms with E-state index in [9.17, 15) is 9.46 Å². The molecule has 0 aromatic heterocycles. The Balaban J connectivity index is 3.64. The molecule has 0 bridgehead atoms. The summed E-state index contributed by atoms with van der Waals surface area (Å²) >= 11 is 0. The highest BCUT2D eigenvalue weighted by Gasteiger charge is 2.17. The van der Waals surface area contributed by atoms with Crippen molar-refractivity contribution in [1.82, 2.24) is 0 Å². The second-order valence-corrected chi connectivity index (χ2v) is 10.9. The summed E-state index contributed by atoms with van der Waals surface area (Å²) in [6.07, 6.45) is 19.8. The van der Waals surface area contributed by atoms with Crippen molar-refractivity contribution in [3.63, 3.8) is 0 Å². The van der Waals surface area contributed by atoms with Crippen LogP contribution in [0.1, 0.15) is 117 Å². The summed E-state index contributed by atoms with van der Waals surface area (Å²) in [5.41, 5.74) is 0. The molecule has 0 aliphatic heterocycles. The van der Waals surface area contributed by atoms with Gasteiger partial charge in [-0.05, 0) is 19.3 Å². The van der Waals surface area contributed by atoms with Gasteiger partial charge in [-0.15, -0.1) is 0 Å². The van der Waals surface area contributed by atoms with E-state index in [1.54, 1.807) is 0 Å². The lowest BCUT2D eigenvalue weighted by molar-refractivity contribution is -0.890. The first-order valence-corrected chi connectivity index (χ1v) is 14.2. The van der Waals surface area contributed by atoms with Gasteiger partial charge in [0.05, 0.1) is 27.2 Å². The van der Waals surface area contributed by atoms with Gasteiger partial charge in [-0.25, -0.2) is 0 Å². The lowest BCUT2D eigenvalue weighted by Crippen LogP contribution is -2.43. The molecule has 0 aliphatic carbocycles.